The van der Waals surface area contributed by atoms with E-state index in [1.54, 1.807) is 30.3 Å². The Kier molecular flexibility index (Phi) is 6.45. The van der Waals surface area contributed by atoms with Crippen molar-refractivity contribution in [1.29, 1.82) is 0 Å². The third kappa shape index (κ3) is 4.62. The smallest absolute Gasteiger partial charge is 0.261 e. The summed E-state index contributed by atoms with van der Waals surface area (Å²) in [7, 11) is 1.52. The number of halogens is 2. The molecular formula is C23H17BrClN3O3S. The first-order valence-corrected chi connectivity index (χ1v) is 11.1. The van der Waals surface area contributed by atoms with Crippen LogP contribution in [0.25, 0.3) is 22.6 Å². The summed E-state index contributed by atoms with van der Waals surface area (Å²) in [5.74, 6) is 0.535. The summed E-state index contributed by atoms with van der Waals surface area (Å²) < 4.78 is 12.0. The van der Waals surface area contributed by atoms with E-state index in [4.69, 9.17) is 33.0 Å². The lowest BCUT2D eigenvalue weighted by molar-refractivity contribution is 0.0974. The van der Waals surface area contributed by atoms with Gasteiger partial charge in [-0.15, -0.1) is 0 Å². The Labute approximate surface area is 203 Å². The Hall–Kier alpha value is -2.94. The summed E-state index contributed by atoms with van der Waals surface area (Å²) in [6.45, 7) is 1.86. The fourth-order valence-electron chi connectivity index (χ4n) is 3.26. The molecule has 0 aliphatic rings. The average Bonchev–Trinajstić information content (AvgIpc) is 3.16. The number of amides is 1. The van der Waals surface area contributed by atoms with E-state index in [1.165, 1.54) is 7.11 Å². The number of hydrogen-bond donors (Lipinski definition) is 2. The zero-order valence-electron chi connectivity index (χ0n) is 17.0. The van der Waals surface area contributed by atoms with Crippen LogP contribution in [0.4, 0.5) is 5.69 Å². The zero-order chi connectivity index (χ0) is 22.8. The van der Waals surface area contributed by atoms with Crippen molar-refractivity contribution in [2.24, 2.45) is 0 Å². The van der Waals surface area contributed by atoms with Crippen molar-refractivity contribution in [1.82, 2.24) is 10.3 Å². The molecule has 2 N–H and O–H groups in total. The second-order valence-corrected chi connectivity index (χ2v) is 8.62. The maximum Gasteiger partial charge on any atom is 0.261 e. The molecule has 0 saturated heterocycles. The average molecular weight is 531 g/mol. The minimum absolute atomic E-state index is 0.142. The van der Waals surface area contributed by atoms with Gasteiger partial charge < -0.3 is 14.5 Å². The summed E-state index contributed by atoms with van der Waals surface area (Å²) in [5, 5.41) is 6.38. The fraction of sp³-hybridized carbons (Fsp3) is 0.0870. The first-order chi connectivity index (χ1) is 15.4. The second-order valence-electron chi connectivity index (χ2n) is 6.89. The summed E-state index contributed by atoms with van der Waals surface area (Å²) in [5.41, 5.74) is 3.80. The number of nitrogens with zero attached hydrogens (tertiary/aromatic N) is 1. The summed E-state index contributed by atoms with van der Waals surface area (Å²) in [6.07, 6.45) is 0. The Morgan fingerprint density at radius 3 is 2.72 bits per heavy atom. The predicted octanol–water partition coefficient (Wildman–Crippen LogP) is 6.35. The number of carbonyl (C=O) groups excluding carboxylic acids is 1. The number of aryl methyl sites for hydroxylation is 1. The van der Waals surface area contributed by atoms with Gasteiger partial charge in [0.2, 0.25) is 5.89 Å². The minimum atomic E-state index is -0.382. The quantitative estimate of drug-likeness (QED) is 0.299. The van der Waals surface area contributed by atoms with Crippen LogP contribution in [0.5, 0.6) is 5.75 Å². The summed E-state index contributed by atoms with van der Waals surface area (Å²) in [6, 6.07) is 16.2. The van der Waals surface area contributed by atoms with Gasteiger partial charge in [0.1, 0.15) is 11.3 Å². The number of aromatic nitrogens is 1. The molecule has 0 spiro atoms. The van der Waals surface area contributed by atoms with Gasteiger partial charge in [-0.2, -0.15) is 0 Å². The number of hydrogen-bond acceptors (Lipinski definition) is 5. The van der Waals surface area contributed by atoms with E-state index < -0.39 is 0 Å². The van der Waals surface area contributed by atoms with Gasteiger partial charge in [-0.1, -0.05) is 39.7 Å². The number of thiocarbonyl (C=S) groups is 1. The monoisotopic (exact) mass is 529 g/mol. The molecule has 4 aromatic rings. The summed E-state index contributed by atoms with van der Waals surface area (Å²) >= 11 is 15.0. The van der Waals surface area contributed by atoms with Crippen LogP contribution >= 0.6 is 39.7 Å². The van der Waals surface area contributed by atoms with Crippen molar-refractivity contribution in [3.05, 3.63) is 75.2 Å². The maximum atomic E-state index is 12.8. The number of rotatable bonds is 4. The second kappa shape index (κ2) is 9.28. The Bertz CT molecular complexity index is 1360. The largest absolute Gasteiger partial charge is 0.496 e. The number of anilines is 1. The van der Waals surface area contributed by atoms with Gasteiger partial charge in [-0.3, -0.25) is 10.1 Å². The van der Waals surface area contributed by atoms with E-state index in [-0.39, 0.29) is 11.0 Å². The minimum Gasteiger partial charge on any atom is -0.496 e. The van der Waals surface area contributed by atoms with E-state index in [0.29, 0.717) is 44.6 Å². The molecule has 9 heteroatoms. The van der Waals surface area contributed by atoms with Gasteiger partial charge in [0.25, 0.3) is 5.91 Å². The molecule has 1 amide bonds. The number of carbonyl (C=O) groups is 1. The SMILES string of the molecule is COc1c(C)cc(Br)cc1C(=O)NC(=S)Nc1ccc2oc(-c3ccccc3Cl)nc2c1. The lowest BCUT2D eigenvalue weighted by Gasteiger charge is -2.13. The van der Waals surface area contributed by atoms with Gasteiger partial charge in [0, 0.05) is 10.2 Å². The predicted molar refractivity (Wildman–Crippen MR) is 134 cm³/mol. The van der Waals surface area contributed by atoms with Gasteiger partial charge in [-0.25, -0.2) is 4.98 Å². The highest BCUT2D eigenvalue weighted by Crippen LogP contribution is 2.31. The van der Waals surface area contributed by atoms with E-state index in [2.05, 4.69) is 31.5 Å². The van der Waals surface area contributed by atoms with Crippen LogP contribution in [0.1, 0.15) is 15.9 Å². The standard InChI is InChI=1S/C23H17BrClN3O3S/c1-12-9-13(24)10-16(20(12)30-2)21(29)28-23(32)26-14-7-8-19-18(11-14)27-22(31-19)15-5-3-4-6-17(15)25/h3-11H,1-2H3,(H2,26,28,29,32). The highest BCUT2D eigenvalue weighted by Gasteiger charge is 2.17. The summed E-state index contributed by atoms with van der Waals surface area (Å²) in [4.78, 5) is 17.3. The molecule has 0 radical (unpaired) electrons. The van der Waals surface area contributed by atoms with Gasteiger partial charge >= 0.3 is 0 Å². The normalized spacial score (nSPS) is 10.8. The van der Waals surface area contributed by atoms with Gasteiger partial charge in [-0.05, 0) is 67.2 Å². The van der Waals surface area contributed by atoms with Crippen LogP contribution in [0.15, 0.2) is 63.5 Å². The molecule has 6 nitrogen and oxygen atoms in total. The molecule has 0 saturated carbocycles. The molecule has 0 atom stereocenters. The maximum absolute atomic E-state index is 12.8. The van der Waals surface area contributed by atoms with Crippen molar-refractivity contribution < 1.29 is 13.9 Å². The van der Waals surface area contributed by atoms with Crippen LogP contribution in [0.2, 0.25) is 5.02 Å². The number of oxazole rings is 1. The molecule has 4 rings (SSSR count). The van der Waals surface area contributed by atoms with Crippen molar-refractivity contribution in [3.8, 4) is 17.2 Å². The van der Waals surface area contributed by atoms with E-state index >= 15 is 0 Å². The lowest BCUT2D eigenvalue weighted by atomic mass is 10.1. The van der Waals surface area contributed by atoms with Crippen LogP contribution in [-0.4, -0.2) is 23.1 Å². The molecule has 1 aromatic heterocycles. The van der Waals surface area contributed by atoms with E-state index in [0.717, 1.165) is 10.0 Å². The zero-order valence-corrected chi connectivity index (χ0v) is 20.2. The van der Waals surface area contributed by atoms with Crippen molar-refractivity contribution >= 4 is 67.6 Å². The first-order valence-electron chi connectivity index (χ1n) is 9.47. The van der Waals surface area contributed by atoms with E-state index in [1.807, 2.05) is 31.2 Å². The number of fused-ring (bicyclic) bond motifs is 1. The molecule has 0 bridgehead atoms. The van der Waals surface area contributed by atoms with Crippen LogP contribution < -0.4 is 15.4 Å². The Balaban J connectivity index is 1.52. The molecule has 3 aromatic carbocycles. The fourth-order valence-corrected chi connectivity index (χ4v) is 4.26. The molecule has 0 unspecified atom stereocenters. The van der Waals surface area contributed by atoms with Crippen LogP contribution in [0.3, 0.4) is 0 Å². The molecule has 0 aliphatic carbocycles. The van der Waals surface area contributed by atoms with Crippen LogP contribution in [-0.2, 0) is 0 Å². The number of benzene rings is 3. The van der Waals surface area contributed by atoms with Gasteiger partial charge in [0.15, 0.2) is 10.7 Å². The first kappa shape index (κ1) is 22.3. The molecule has 0 fully saturated rings. The van der Waals surface area contributed by atoms with Crippen LogP contribution in [0, 0.1) is 6.92 Å². The number of ether oxygens (including phenoxy) is 1. The third-order valence-corrected chi connectivity index (χ3v) is 5.66. The van der Waals surface area contributed by atoms with Crippen molar-refractivity contribution in [2.75, 3.05) is 12.4 Å². The highest BCUT2D eigenvalue weighted by molar-refractivity contribution is 9.10. The molecule has 32 heavy (non-hydrogen) atoms. The van der Waals surface area contributed by atoms with Crippen molar-refractivity contribution in [3.63, 3.8) is 0 Å². The number of nitrogens with one attached hydrogen (secondary N) is 2. The molecule has 162 valence electrons. The topological polar surface area (TPSA) is 76.4 Å². The molecule has 0 aliphatic heterocycles. The van der Waals surface area contributed by atoms with E-state index in [9.17, 15) is 4.79 Å². The highest BCUT2D eigenvalue weighted by atomic mass is 79.9. The molecular weight excluding hydrogens is 514 g/mol. The number of methoxy groups -OCH3 is 1. The van der Waals surface area contributed by atoms with Gasteiger partial charge in [0.05, 0.1) is 23.3 Å². The third-order valence-electron chi connectivity index (χ3n) is 4.66. The van der Waals surface area contributed by atoms with Crippen molar-refractivity contribution in [2.45, 2.75) is 6.92 Å². The Morgan fingerprint density at radius 2 is 1.97 bits per heavy atom. The Morgan fingerprint density at radius 1 is 1.19 bits per heavy atom. The molecule has 1 heterocycles. The lowest BCUT2D eigenvalue weighted by Crippen LogP contribution is -2.34.